The van der Waals surface area contributed by atoms with Crippen LogP contribution in [-0.2, 0) is 23.8 Å². The summed E-state index contributed by atoms with van der Waals surface area (Å²) in [6, 6.07) is 17.2. The van der Waals surface area contributed by atoms with E-state index in [1.165, 1.54) is 0 Å². The zero-order valence-corrected chi connectivity index (χ0v) is 18.7. The van der Waals surface area contributed by atoms with Crippen molar-refractivity contribution < 1.29 is 23.8 Å². The third kappa shape index (κ3) is 4.49. The molecule has 1 unspecified atom stereocenters. The van der Waals surface area contributed by atoms with Crippen LogP contribution in [0.4, 0.5) is 0 Å². The first-order chi connectivity index (χ1) is 14.5. The Balaban J connectivity index is 2.27. The average molecular weight is 471 g/mol. The van der Waals surface area contributed by atoms with Gasteiger partial charge in [0.15, 0.2) is 6.10 Å². The van der Waals surface area contributed by atoms with Gasteiger partial charge in [-0.05, 0) is 31.9 Å². The predicted molar refractivity (Wildman–Crippen MR) is 118 cm³/mol. The highest BCUT2D eigenvalue weighted by Gasteiger charge is 2.38. The van der Waals surface area contributed by atoms with Gasteiger partial charge in [-0.25, -0.2) is 9.59 Å². The molecule has 0 N–H and O–H groups in total. The highest BCUT2D eigenvalue weighted by atomic mass is 79.9. The lowest BCUT2D eigenvalue weighted by atomic mass is 9.91. The van der Waals surface area contributed by atoms with Crippen LogP contribution < -0.4 is 0 Å². The molecule has 0 aromatic heterocycles. The quantitative estimate of drug-likeness (QED) is 0.539. The molecule has 1 aliphatic heterocycles. The van der Waals surface area contributed by atoms with Crippen molar-refractivity contribution in [3.8, 4) is 0 Å². The molecular formula is C24H23BrO5. The number of esters is 2. The van der Waals surface area contributed by atoms with Crippen LogP contribution >= 0.6 is 15.9 Å². The van der Waals surface area contributed by atoms with E-state index in [4.69, 9.17) is 14.2 Å². The number of halogens is 1. The molecule has 1 aliphatic rings. The molecule has 0 spiro atoms. The average Bonchev–Trinajstić information content (AvgIpc) is 2.74. The first kappa shape index (κ1) is 21.8. The molecule has 5 nitrogen and oxygen atoms in total. The molecule has 2 aromatic rings. The van der Waals surface area contributed by atoms with Gasteiger partial charge in [-0.1, -0.05) is 76.1 Å². The summed E-state index contributed by atoms with van der Waals surface area (Å²) in [6.07, 6.45) is -0.613. The number of hydrogen-bond acceptors (Lipinski definition) is 5. The Kier molecular flexibility index (Phi) is 7.11. The molecule has 3 rings (SSSR count). The second-order valence-corrected chi connectivity index (χ2v) is 7.50. The topological polar surface area (TPSA) is 61.8 Å². The number of rotatable bonds is 6. The van der Waals surface area contributed by atoms with Gasteiger partial charge in [0.1, 0.15) is 5.57 Å². The smallest absolute Gasteiger partial charge is 0.374 e. The second kappa shape index (κ2) is 9.76. The summed E-state index contributed by atoms with van der Waals surface area (Å²) in [5.41, 5.74) is 3.26. The van der Waals surface area contributed by atoms with Gasteiger partial charge in [0.2, 0.25) is 5.76 Å². The minimum absolute atomic E-state index is 0.0530. The maximum Gasteiger partial charge on any atom is 0.374 e. The molecule has 6 heteroatoms. The van der Waals surface area contributed by atoms with Gasteiger partial charge < -0.3 is 14.2 Å². The Bertz CT molecular complexity index is 1010. The number of hydrogen-bond donors (Lipinski definition) is 0. The van der Waals surface area contributed by atoms with Crippen molar-refractivity contribution in [2.45, 2.75) is 26.9 Å². The highest BCUT2D eigenvalue weighted by Crippen LogP contribution is 2.46. The predicted octanol–water partition coefficient (Wildman–Crippen LogP) is 5.25. The van der Waals surface area contributed by atoms with Crippen molar-refractivity contribution in [1.82, 2.24) is 0 Å². The second-order valence-electron chi connectivity index (χ2n) is 6.65. The first-order valence-corrected chi connectivity index (χ1v) is 10.5. The summed E-state index contributed by atoms with van der Waals surface area (Å²) in [7, 11) is 0. The standard InChI is InChI=1S/C24H23BrO5/c1-4-28-23(26)19-18(16-11-7-6-8-12-16)20(25)21(17-13-9-10-15(3)14-17)30-22(19)24(27)29-5-2/h6-14,21H,4-5H2,1-3H3. The zero-order chi connectivity index (χ0) is 21.7. The van der Waals surface area contributed by atoms with Crippen LogP contribution in [0, 0.1) is 6.92 Å². The van der Waals surface area contributed by atoms with Gasteiger partial charge in [-0.2, -0.15) is 0 Å². The molecule has 0 bridgehead atoms. The normalized spacial score (nSPS) is 16.2. The molecule has 30 heavy (non-hydrogen) atoms. The molecule has 0 saturated heterocycles. The van der Waals surface area contributed by atoms with E-state index in [1.54, 1.807) is 13.8 Å². The SMILES string of the molecule is CCOC(=O)C1=C(C(=O)OCC)C(c2ccccc2)=C(Br)C(c2cccc(C)c2)O1. The molecule has 0 saturated carbocycles. The molecular weight excluding hydrogens is 448 g/mol. The van der Waals surface area contributed by atoms with Crippen molar-refractivity contribution in [3.63, 3.8) is 0 Å². The van der Waals surface area contributed by atoms with E-state index in [0.29, 0.717) is 10.1 Å². The van der Waals surface area contributed by atoms with Crippen LogP contribution in [0.1, 0.15) is 36.6 Å². The lowest BCUT2D eigenvalue weighted by Crippen LogP contribution is -2.25. The maximum atomic E-state index is 12.9. The fourth-order valence-electron chi connectivity index (χ4n) is 3.27. The summed E-state index contributed by atoms with van der Waals surface area (Å²) in [5.74, 6) is -1.49. The Morgan fingerprint density at radius 3 is 2.27 bits per heavy atom. The Hall–Kier alpha value is -2.86. The number of benzene rings is 2. The van der Waals surface area contributed by atoms with E-state index in [-0.39, 0.29) is 24.5 Å². The van der Waals surface area contributed by atoms with Crippen molar-refractivity contribution in [3.05, 3.63) is 87.1 Å². The summed E-state index contributed by atoms with van der Waals surface area (Å²) in [6.45, 7) is 5.71. The Morgan fingerprint density at radius 1 is 0.967 bits per heavy atom. The van der Waals surface area contributed by atoms with Crippen LogP contribution in [0.5, 0.6) is 0 Å². The number of ether oxygens (including phenoxy) is 3. The largest absolute Gasteiger partial charge is 0.472 e. The molecule has 1 atom stereocenters. The highest BCUT2D eigenvalue weighted by molar-refractivity contribution is 9.11. The van der Waals surface area contributed by atoms with Crippen LogP contribution in [0.15, 0.2) is 70.4 Å². The molecule has 2 aromatic carbocycles. The monoisotopic (exact) mass is 470 g/mol. The Labute approximate surface area is 184 Å². The minimum atomic E-state index is -0.702. The van der Waals surface area contributed by atoms with Crippen molar-refractivity contribution in [2.24, 2.45) is 0 Å². The number of aryl methyl sites for hydroxylation is 1. The van der Waals surface area contributed by atoms with Gasteiger partial charge in [0, 0.05) is 10.1 Å². The molecule has 0 aliphatic carbocycles. The van der Waals surface area contributed by atoms with Gasteiger partial charge >= 0.3 is 11.9 Å². The van der Waals surface area contributed by atoms with Gasteiger partial charge in [0.25, 0.3) is 0 Å². The number of carbonyl (C=O) groups excluding carboxylic acids is 2. The molecule has 0 fully saturated rings. The van der Waals surface area contributed by atoms with E-state index in [0.717, 1.165) is 16.7 Å². The van der Waals surface area contributed by atoms with Gasteiger partial charge in [-0.15, -0.1) is 0 Å². The molecule has 0 amide bonds. The van der Waals surface area contributed by atoms with Crippen LogP contribution in [0.3, 0.4) is 0 Å². The third-order valence-corrected chi connectivity index (χ3v) is 5.34. The van der Waals surface area contributed by atoms with E-state index in [2.05, 4.69) is 15.9 Å². The van der Waals surface area contributed by atoms with Gasteiger partial charge in [0.05, 0.1) is 13.2 Å². The molecule has 0 radical (unpaired) electrons. The van der Waals surface area contributed by atoms with E-state index in [1.807, 2.05) is 61.5 Å². The van der Waals surface area contributed by atoms with Crippen LogP contribution in [-0.4, -0.2) is 25.2 Å². The number of carbonyl (C=O) groups is 2. The zero-order valence-electron chi connectivity index (χ0n) is 17.1. The fraction of sp³-hybridized carbons (Fsp3) is 0.250. The third-order valence-electron chi connectivity index (χ3n) is 4.53. The van der Waals surface area contributed by atoms with E-state index < -0.39 is 18.0 Å². The van der Waals surface area contributed by atoms with Gasteiger partial charge in [-0.3, -0.25) is 0 Å². The van der Waals surface area contributed by atoms with Crippen molar-refractivity contribution in [1.29, 1.82) is 0 Å². The van der Waals surface area contributed by atoms with E-state index in [9.17, 15) is 9.59 Å². The maximum absolute atomic E-state index is 12.9. The minimum Gasteiger partial charge on any atom is -0.472 e. The molecule has 1 heterocycles. The fourth-order valence-corrected chi connectivity index (χ4v) is 4.06. The first-order valence-electron chi connectivity index (χ1n) is 9.75. The lowest BCUT2D eigenvalue weighted by molar-refractivity contribution is -0.146. The van der Waals surface area contributed by atoms with Crippen LogP contribution in [0.25, 0.3) is 5.57 Å². The van der Waals surface area contributed by atoms with E-state index >= 15 is 0 Å². The lowest BCUT2D eigenvalue weighted by Gasteiger charge is -2.30. The van der Waals surface area contributed by atoms with Crippen molar-refractivity contribution >= 4 is 33.4 Å². The summed E-state index contributed by atoms with van der Waals surface area (Å²) < 4.78 is 17.2. The van der Waals surface area contributed by atoms with Crippen LogP contribution in [0.2, 0.25) is 0 Å². The summed E-state index contributed by atoms with van der Waals surface area (Å²) in [4.78, 5) is 25.7. The summed E-state index contributed by atoms with van der Waals surface area (Å²) >= 11 is 3.66. The molecule has 156 valence electrons. The Morgan fingerprint density at radius 2 is 1.63 bits per heavy atom. The summed E-state index contributed by atoms with van der Waals surface area (Å²) in [5, 5.41) is 0. The van der Waals surface area contributed by atoms with Crippen molar-refractivity contribution in [2.75, 3.05) is 13.2 Å².